The molecule has 1 N–H and O–H groups in total. The highest BCUT2D eigenvalue weighted by Crippen LogP contribution is 2.20. The standard InChI is InChI=1S/C8H16O3/c1-6-3-7(10-2)4-8(5-9)11-6/h6-9H,3-5H2,1-2H3/t6-,7+,8+/m0/s1. The minimum atomic E-state index is -0.0244. The van der Waals surface area contributed by atoms with Crippen LogP contribution in [0.2, 0.25) is 0 Å². The summed E-state index contributed by atoms with van der Waals surface area (Å²) in [5, 5.41) is 8.84. The van der Waals surface area contributed by atoms with Gasteiger partial charge in [-0.1, -0.05) is 0 Å². The lowest BCUT2D eigenvalue weighted by Gasteiger charge is -2.31. The predicted octanol–water partition coefficient (Wildman–Crippen LogP) is 0.561. The molecule has 3 atom stereocenters. The summed E-state index contributed by atoms with van der Waals surface area (Å²) < 4.78 is 10.6. The van der Waals surface area contributed by atoms with Crippen molar-refractivity contribution in [2.24, 2.45) is 0 Å². The average Bonchev–Trinajstić information content (AvgIpc) is 2.03. The maximum Gasteiger partial charge on any atom is 0.0834 e. The molecule has 0 aliphatic carbocycles. The third-order valence-electron chi connectivity index (χ3n) is 2.08. The molecule has 1 fully saturated rings. The van der Waals surface area contributed by atoms with Gasteiger partial charge in [-0.25, -0.2) is 0 Å². The Morgan fingerprint density at radius 3 is 2.82 bits per heavy atom. The normalized spacial score (nSPS) is 39.0. The van der Waals surface area contributed by atoms with Gasteiger partial charge in [-0.05, 0) is 13.3 Å². The summed E-state index contributed by atoms with van der Waals surface area (Å²) in [5.41, 5.74) is 0. The Labute approximate surface area is 67.3 Å². The first-order valence-corrected chi connectivity index (χ1v) is 4.05. The van der Waals surface area contributed by atoms with E-state index in [2.05, 4.69) is 0 Å². The van der Waals surface area contributed by atoms with Crippen LogP contribution in [0.25, 0.3) is 0 Å². The lowest BCUT2D eigenvalue weighted by atomic mass is 10.0. The van der Waals surface area contributed by atoms with Gasteiger partial charge in [-0.3, -0.25) is 0 Å². The van der Waals surface area contributed by atoms with Gasteiger partial charge in [-0.15, -0.1) is 0 Å². The number of aliphatic hydroxyl groups is 1. The van der Waals surface area contributed by atoms with Gasteiger partial charge in [0.15, 0.2) is 0 Å². The number of rotatable bonds is 2. The zero-order valence-electron chi connectivity index (χ0n) is 7.12. The van der Waals surface area contributed by atoms with Gasteiger partial charge in [0.05, 0.1) is 24.9 Å². The second kappa shape index (κ2) is 4.04. The number of aliphatic hydroxyl groups excluding tert-OH is 1. The number of hydrogen-bond donors (Lipinski definition) is 1. The monoisotopic (exact) mass is 160 g/mol. The molecule has 0 spiro atoms. The Bertz CT molecular complexity index is 104. The molecule has 0 unspecified atom stereocenters. The van der Waals surface area contributed by atoms with Crippen LogP contribution in [0.1, 0.15) is 19.8 Å². The van der Waals surface area contributed by atoms with E-state index >= 15 is 0 Å². The summed E-state index contributed by atoms with van der Waals surface area (Å²) in [6.45, 7) is 2.11. The smallest absolute Gasteiger partial charge is 0.0834 e. The molecular formula is C8H16O3. The summed E-state index contributed by atoms with van der Waals surface area (Å²) in [6, 6.07) is 0. The highest BCUT2D eigenvalue weighted by atomic mass is 16.5. The fourth-order valence-corrected chi connectivity index (χ4v) is 1.51. The first-order chi connectivity index (χ1) is 5.26. The second-order valence-corrected chi connectivity index (χ2v) is 3.08. The topological polar surface area (TPSA) is 38.7 Å². The van der Waals surface area contributed by atoms with Crippen LogP contribution >= 0.6 is 0 Å². The Morgan fingerprint density at radius 1 is 1.55 bits per heavy atom. The zero-order valence-corrected chi connectivity index (χ0v) is 7.12. The van der Waals surface area contributed by atoms with Gasteiger partial charge in [0.25, 0.3) is 0 Å². The number of hydrogen-bond acceptors (Lipinski definition) is 3. The molecule has 1 heterocycles. The molecule has 0 aromatic carbocycles. The van der Waals surface area contributed by atoms with Gasteiger partial charge in [-0.2, -0.15) is 0 Å². The Kier molecular flexibility index (Phi) is 3.30. The quantitative estimate of drug-likeness (QED) is 0.641. The predicted molar refractivity (Wildman–Crippen MR) is 41.5 cm³/mol. The fourth-order valence-electron chi connectivity index (χ4n) is 1.51. The Morgan fingerprint density at radius 2 is 2.27 bits per heavy atom. The minimum absolute atomic E-state index is 0.0244. The van der Waals surface area contributed by atoms with Crippen LogP contribution in [0.4, 0.5) is 0 Å². The van der Waals surface area contributed by atoms with Gasteiger partial charge >= 0.3 is 0 Å². The molecule has 1 aliphatic rings. The Hall–Kier alpha value is -0.120. The van der Waals surface area contributed by atoms with Crippen LogP contribution in [-0.2, 0) is 9.47 Å². The fraction of sp³-hybridized carbons (Fsp3) is 1.00. The van der Waals surface area contributed by atoms with E-state index in [9.17, 15) is 0 Å². The van der Waals surface area contributed by atoms with Crippen LogP contribution in [0.5, 0.6) is 0 Å². The van der Waals surface area contributed by atoms with E-state index in [1.165, 1.54) is 0 Å². The van der Waals surface area contributed by atoms with Crippen molar-refractivity contribution < 1.29 is 14.6 Å². The van der Waals surface area contributed by atoms with E-state index in [1.807, 2.05) is 6.92 Å². The molecule has 11 heavy (non-hydrogen) atoms. The lowest BCUT2D eigenvalue weighted by molar-refractivity contribution is -0.113. The molecule has 1 saturated heterocycles. The van der Waals surface area contributed by atoms with Crippen molar-refractivity contribution in [2.45, 2.75) is 38.1 Å². The molecule has 0 radical (unpaired) electrons. The van der Waals surface area contributed by atoms with E-state index in [0.29, 0.717) is 0 Å². The third-order valence-corrected chi connectivity index (χ3v) is 2.08. The third kappa shape index (κ3) is 2.43. The van der Waals surface area contributed by atoms with Gasteiger partial charge < -0.3 is 14.6 Å². The van der Waals surface area contributed by atoms with E-state index in [0.717, 1.165) is 12.8 Å². The van der Waals surface area contributed by atoms with Crippen LogP contribution in [0.15, 0.2) is 0 Å². The van der Waals surface area contributed by atoms with Crippen molar-refractivity contribution in [3.8, 4) is 0 Å². The van der Waals surface area contributed by atoms with Crippen molar-refractivity contribution in [1.82, 2.24) is 0 Å². The average molecular weight is 160 g/mol. The molecule has 0 saturated carbocycles. The summed E-state index contributed by atoms with van der Waals surface area (Å²) >= 11 is 0. The first-order valence-electron chi connectivity index (χ1n) is 4.05. The largest absolute Gasteiger partial charge is 0.394 e. The molecule has 0 aromatic heterocycles. The number of ether oxygens (including phenoxy) is 2. The van der Waals surface area contributed by atoms with Gasteiger partial charge in [0, 0.05) is 13.5 Å². The van der Waals surface area contributed by atoms with Crippen LogP contribution in [0.3, 0.4) is 0 Å². The van der Waals surface area contributed by atoms with Crippen molar-refractivity contribution in [3.05, 3.63) is 0 Å². The highest BCUT2D eigenvalue weighted by molar-refractivity contribution is 4.75. The molecule has 1 rings (SSSR count). The van der Waals surface area contributed by atoms with E-state index in [1.54, 1.807) is 7.11 Å². The Balaban J connectivity index is 2.37. The molecule has 3 heteroatoms. The molecule has 0 bridgehead atoms. The van der Waals surface area contributed by atoms with Crippen molar-refractivity contribution in [2.75, 3.05) is 13.7 Å². The summed E-state index contributed by atoms with van der Waals surface area (Å²) in [5.74, 6) is 0. The SMILES string of the molecule is CO[C@H]1C[C@H](CO)O[C@@H](C)C1. The molecule has 0 aromatic rings. The van der Waals surface area contributed by atoms with Crippen molar-refractivity contribution >= 4 is 0 Å². The summed E-state index contributed by atoms with van der Waals surface area (Å²) in [4.78, 5) is 0. The number of methoxy groups -OCH3 is 1. The molecule has 0 amide bonds. The maximum absolute atomic E-state index is 8.84. The van der Waals surface area contributed by atoms with E-state index < -0.39 is 0 Å². The summed E-state index contributed by atoms with van der Waals surface area (Å²) in [7, 11) is 1.71. The van der Waals surface area contributed by atoms with Crippen LogP contribution in [0, 0.1) is 0 Å². The van der Waals surface area contributed by atoms with Gasteiger partial charge in [0.2, 0.25) is 0 Å². The lowest BCUT2D eigenvalue weighted by Crippen LogP contribution is -2.36. The van der Waals surface area contributed by atoms with Crippen LogP contribution < -0.4 is 0 Å². The van der Waals surface area contributed by atoms with Gasteiger partial charge in [0.1, 0.15) is 0 Å². The molecule has 66 valence electrons. The first kappa shape index (κ1) is 8.97. The van der Waals surface area contributed by atoms with Crippen LogP contribution in [-0.4, -0.2) is 37.1 Å². The second-order valence-electron chi connectivity index (χ2n) is 3.08. The molecule has 3 nitrogen and oxygen atoms in total. The minimum Gasteiger partial charge on any atom is -0.394 e. The summed E-state index contributed by atoms with van der Waals surface area (Å²) in [6.07, 6.45) is 2.20. The zero-order chi connectivity index (χ0) is 8.27. The van der Waals surface area contributed by atoms with Crippen molar-refractivity contribution in [3.63, 3.8) is 0 Å². The maximum atomic E-state index is 8.84. The van der Waals surface area contributed by atoms with E-state index in [4.69, 9.17) is 14.6 Å². The molecular weight excluding hydrogens is 144 g/mol. The highest BCUT2D eigenvalue weighted by Gasteiger charge is 2.26. The van der Waals surface area contributed by atoms with E-state index in [-0.39, 0.29) is 24.9 Å². The van der Waals surface area contributed by atoms with Crippen molar-refractivity contribution in [1.29, 1.82) is 0 Å². The molecule has 1 aliphatic heterocycles.